The van der Waals surface area contributed by atoms with E-state index in [2.05, 4.69) is 48.3 Å². The summed E-state index contributed by atoms with van der Waals surface area (Å²) in [7, 11) is 0. The van der Waals surface area contributed by atoms with Gasteiger partial charge in [0.1, 0.15) is 23.0 Å². The highest BCUT2D eigenvalue weighted by Gasteiger charge is 2.37. The SMILES string of the molecule is CCC(C(=O)O)C1N=C(c2ccc(C3CO3)cc2)c2c(sc(C)c2C)-n2c(C)nnc21. The Balaban J connectivity index is 1.76. The third-order valence-corrected chi connectivity index (χ3v) is 7.41. The van der Waals surface area contributed by atoms with Crippen LogP contribution in [0.25, 0.3) is 5.00 Å². The molecule has 4 heterocycles. The van der Waals surface area contributed by atoms with Crippen LogP contribution in [0.4, 0.5) is 0 Å². The van der Waals surface area contributed by atoms with Crippen molar-refractivity contribution >= 4 is 23.0 Å². The predicted octanol–water partition coefficient (Wildman–Crippen LogP) is 4.33. The van der Waals surface area contributed by atoms with Crippen molar-refractivity contribution in [2.45, 2.75) is 46.3 Å². The van der Waals surface area contributed by atoms with Gasteiger partial charge in [0.15, 0.2) is 5.82 Å². The summed E-state index contributed by atoms with van der Waals surface area (Å²) in [5.41, 5.74) is 5.11. The summed E-state index contributed by atoms with van der Waals surface area (Å²) in [6.45, 7) is 8.74. The molecule has 1 aromatic carbocycles. The summed E-state index contributed by atoms with van der Waals surface area (Å²) in [6, 6.07) is 7.64. The second-order valence-corrected chi connectivity index (χ2v) is 9.33. The number of rotatable bonds is 5. The molecule has 2 aliphatic heterocycles. The molecule has 0 radical (unpaired) electrons. The number of carboxylic acids is 1. The zero-order chi connectivity index (χ0) is 21.9. The van der Waals surface area contributed by atoms with Gasteiger partial charge < -0.3 is 9.84 Å². The summed E-state index contributed by atoms with van der Waals surface area (Å²) in [4.78, 5) is 18.4. The molecular weight excluding hydrogens is 412 g/mol. The molecule has 0 saturated carbocycles. The highest BCUT2D eigenvalue weighted by Crippen LogP contribution is 2.41. The first-order chi connectivity index (χ1) is 14.9. The fraction of sp³-hybridized carbons (Fsp3) is 0.391. The van der Waals surface area contributed by atoms with Crippen molar-refractivity contribution in [2.75, 3.05) is 6.61 Å². The molecule has 8 heteroatoms. The van der Waals surface area contributed by atoms with Gasteiger partial charge in [-0.3, -0.25) is 14.4 Å². The number of aliphatic imine (C=N–C) groups is 1. The van der Waals surface area contributed by atoms with Gasteiger partial charge in [0.25, 0.3) is 0 Å². The molecule has 3 atom stereocenters. The number of benzene rings is 1. The lowest BCUT2D eigenvalue weighted by molar-refractivity contribution is -0.142. The second kappa shape index (κ2) is 7.39. The van der Waals surface area contributed by atoms with Gasteiger partial charge in [-0.15, -0.1) is 21.5 Å². The van der Waals surface area contributed by atoms with Gasteiger partial charge in [0.05, 0.1) is 18.2 Å². The van der Waals surface area contributed by atoms with Gasteiger partial charge in [0, 0.05) is 16.0 Å². The minimum Gasteiger partial charge on any atom is -0.481 e. The number of carboxylic acid groups (broad SMARTS) is 1. The highest BCUT2D eigenvalue weighted by molar-refractivity contribution is 7.15. The Kier molecular flexibility index (Phi) is 4.79. The molecule has 2 aliphatic rings. The van der Waals surface area contributed by atoms with E-state index in [0.717, 1.165) is 45.4 Å². The third-order valence-electron chi connectivity index (χ3n) is 6.22. The molecule has 5 rings (SSSR count). The summed E-state index contributed by atoms with van der Waals surface area (Å²) in [5, 5.41) is 19.6. The van der Waals surface area contributed by atoms with Crippen LogP contribution in [0.3, 0.4) is 0 Å². The van der Waals surface area contributed by atoms with Crippen LogP contribution in [0.15, 0.2) is 29.3 Å². The van der Waals surface area contributed by atoms with Gasteiger partial charge in [-0.05, 0) is 38.3 Å². The van der Waals surface area contributed by atoms with Crippen molar-refractivity contribution in [1.82, 2.24) is 14.8 Å². The maximum absolute atomic E-state index is 12.1. The number of aliphatic carboxylic acids is 1. The smallest absolute Gasteiger partial charge is 0.309 e. The number of nitrogens with zero attached hydrogens (tertiary/aromatic N) is 4. The zero-order valence-corrected chi connectivity index (χ0v) is 18.7. The highest BCUT2D eigenvalue weighted by atomic mass is 32.1. The summed E-state index contributed by atoms with van der Waals surface area (Å²) < 4.78 is 7.40. The summed E-state index contributed by atoms with van der Waals surface area (Å²) in [5.74, 6) is -0.234. The van der Waals surface area contributed by atoms with Gasteiger partial charge in [-0.2, -0.15) is 0 Å². The molecule has 1 saturated heterocycles. The van der Waals surface area contributed by atoms with Crippen molar-refractivity contribution in [2.24, 2.45) is 10.9 Å². The number of ether oxygens (including phenoxy) is 1. The van der Waals surface area contributed by atoms with Gasteiger partial charge in [-0.25, -0.2) is 0 Å². The van der Waals surface area contributed by atoms with E-state index in [4.69, 9.17) is 9.73 Å². The topological polar surface area (TPSA) is 92.9 Å². The van der Waals surface area contributed by atoms with E-state index in [9.17, 15) is 9.90 Å². The predicted molar refractivity (Wildman–Crippen MR) is 118 cm³/mol. The molecule has 160 valence electrons. The first-order valence-corrected chi connectivity index (χ1v) is 11.3. The standard InChI is InChI=1S/C23H24N4O3S/c1-5-16(23(28)29)20-21-26-25-13(4)27(21)22-18(11(2)12(3)31-22)19(24-20)15-8-6-14(7-9-15)17-10-30-17/h6-9,16-17,20H,5,10H2,1-4H3,(H,28,29). The molecule has 0 spiro atoms. The van der Waals surface area contributed by atoms with E-state index in [1.807, 2.05) is 18.4 Å². The zero-order valence-electron chi connectivity index (χ0n) is 17.9. The molecule has 2 aromatic heterocycles. The average Bonchev–Trinajstić information content (AvgIpc) is 3.49. The number of epoxide rings is 1. The molecule has 0 aliphatic carbocycles. The summed E-state index contributed by atoms with van der Waals surface area (Å²) >= 11 is 1.67. The molecular formula is C23H24N4O3S. The maximum atomic E-state index is 12.1. The van der Waals surface area contributed by atoms with Crippen LogP contribution in [0, 0.1) is 26.7 Å². The van der Waals surface area contributed by atoms with Crippen LogP contribution in [-0.4, -0.2) is 38.2 Å². The van der Waals surface area contributed by atoms with Crippen LogP contribution in [0.2, 0.25) is 0 Å². The van der Waals surface area contributed by atoms with E-state index in [1.54, 1.807) is 11.3 Å². The number of carbonyl (C=O) groups is 1. The van der Waals surface area contributed by atoms with Gasteiger partial charge in [0.2, 0.25) is 0 Å². The minimum atomic E-state index is -0.873. The number of aryl methyl sites for hydroxylation is 2. The van der Waals surface area contributed by atoms with E-state index in [-0.39, 0.29) is 6.10 Å². The molecule has 7 nitrogen and oxygen atoms in total. The van der Waals surface area contributed by atoms with Crippen LogP contribution in [0.5, 0.6) is 0 Å². The third kappa shape index (κ3) is 3.21. The molecule has 1 N–H and O–H groups in total. The van der Waals surface area contributed by atoms with Crippen LogP contribution >= 0.6 is 11.3 Å². The van der Waals surface area contributed by atoms with E-state index in [0.29, 0.717) is 12.2 Å². The van der Waals surface area contributed by atoms with Gasteiger partial charge >= 0.3 is 5.97 Å². The second-order valence-electron chi connectivity index (χ2n) is 8.12. The lowest BCUT2D eigenvalue weighted by Crippen LogP contribution is -2.23. The Morgan fingerprint density at radius 2 is 1.97 bits per heavy atom. The number of hydrogen-bond acceptors (Lipinski definition) is 6. The van der Waals surface area contributed by atoms with Crippen LogP contribution in [-0.2, 0) is 9.53 Å². The molecule has 31 heavy (non-hydrogen) atoms. The monoisotopic (exact) mass is 436 g/mol. The Morgan fingerprint density at radius 1 is 1.26 bits per heavy atom. The molecule has 0 amide bonds. The maximum Gasteiger partial charge on any atom is 0.309 e. The molecule has 3 aromatic rings. The number of aromatic nitrogens is 3. The van der Waals surface area contributed by atoms with E-state index in [1.165, 1.54) is 4.88 Å². The Morgan fingerprint density at radius 3 is 2.58 bits per heavy atom. The van der Waals surface area contributed by atoms with E-state index >= 15 is 0 Å². The molecule has 1 fully saturated rings. The lowest BCUT2D eigenvalue weighted by Gasteiger charge is -2.18. The Hall–Kier alpha value is -2.84. The van der Waals surface area contributed by atoms with Crippen LogP contribution in [0.1, 0.15) is 64.3 Å². The first-order valence-electron chi connectivity index (χ1n) is 10.5. The summed E-state index contributed by atoms with van der Waals surface area (Å²) in [6.07, 6.45) is 0.639. The quantitative estimate of drug-likeness (QED) is 0.601. The molecule has 0 bridgehead atoms. The average molecular weight is 437 g/mol. The number of thiophene rings is 1. The van der Waals surface area contributed by atoms with Crippen molar-refractivity contribution < 1.29 is 14.6 Å². The lowest BCUT2D eigenvalue weighted by atomic mass is 9.95. The van der Waals surface area contributed by atoms with Gasteiger partial charge in [-0.1, -0.05) is 31.2 Å². The molecule has 3 unspecified atom stereocenters. The van der Waals surface area contributed by atoms with Crippen molar-refractivity contribution in [3.05, 3.63) is 63.0 Å². The Bertz CT molecular complexity index is 1200. The fourth-order valence-corrected chi connectivity index (χ4v) is 5.46. The Labute approximate surface area is 184 Å². The normalized spacial score (nSPS) is 20.5. The van der Waals surface area contributed by atoms with Crippen molar-refractivity contribution in [3.63, 3.8) is 0 Å². The first kappa shape index (κ1) is 20.1. The van der Waals surface area contributed by atoms with E-state index < -0.39 is 17.9 Å². The largest absolute Gasteiger partial charge is 0.481 e. The van der Waals surface area contributed by atoms with Crippen molar-refractivity contribution in [3.8, 4) is 5.00 Å². The fourth-order valence-electron chi connectivity index (χ4n) is 4.25. The minimum absolute atomic E-state index is 0.189. The number of hydrogen-bond donors (Lipinski definition) is 1. The van der Waals surface area contributed by atoms with Crippen LogP contribution < -0.4 is 0 Å². The van der Waals surface area contributed by atoms with Crippen molar-refractivity contribution in [1.29, 1.82) is 0 Å². The number of fused-ring (bicyclic) bond motifs is 3.